The standard InChI is InChI=1S/C4H8FO2/c1-2-4(6)7-3-5/h4H,2-3H2,1H3. The summed E-state index contributed by atoms with van der Waals surface area (Å²) >= 11 is 0. The molecule has 3 heteroatoms. The van der Waals surface area contributed by atoms with Gasteiger partial charge in [0.05, 0.1) is 0 Å². The van der Waals surface area contributed by atoms with E-state index in [1.54, 1.807) is 6.92 Å². The lowest BCUT2D eigenvalue weighted by Crippen LogP contribution is -2.06. The Morgan fingerprint density at radius 2 is 2.43 bits per heavy atom. The van der Waals surface area contributed by atoms with E-state index in [0.717, 1.165) is 0 Å². The second kappa shape index (κ2) is 4.02. The minimum Gasteiger partial charge on any atom is -0.319 e. The Kier molecular flexibility index (Phi) is 3.93. The molecule has 1 unspecified atom stereocenters. The van der Waals surface area contributed by atoms with Crippen LogP contribution in [0, 0.1) is 0 Å². The highest BCUT2D eigenvalue weighted by atomic mass is 19.1. The molecule has 0 saturated carbocycles. The van der Waals surface area contributed by atoms with Gasteiger partial charge in [-0.25, -0.2) is 9.50 Å². The molecule has 0 rings (SSSR count). The summed E-state index contributed by atoms with van der Waals surface area (Å²) in [6, 6.07) is 0. The van der Waals surface area contributed by atoms with Crippen molar-refractivity contribution in [1.29, 1.82) is 0 Å². The molecule has 0 aliphatic heterocycles. The zero-order valence-corrected chi connectivity index (χ0v) is 4.19. The van der Waals surface area contributed by atoms with E-state index >= 15 is 0 Å². The van der Waals surface area contributed by atoms with Crippen molar-refractivity contribution in [3.63, 3.8) is 0 Å². The second-order valence-electron chi connectivity index (χ2n) is 1.11. The molecular formula is C4H8FO2. The molecule has 0 amide bonds. The van der Waals surface area contributed by atoms with E-state index in [4.69, 9.17) is 0 Å². The van der Waals surface area contributed by atoms with E-state index in [1.807, 2.05) is 0 Å². The summed E-state index contributed by atoms with van der Waals surface area (Å²) in [6.07, 6.45) is -0.853. The van der Waals surface area contributed by atoms with Crippen molar-refractivity contribution < 1.29 is 14.2 Å². The fourth-order valence-electron chi connectivity index (χ4n) is 0.188. The third-order valence-electron chi connectivity index (χ3n) is 0.582. The SMILES string of the molecule is CCC([O])OCF. The largest absolute Gasteiger partial charge is 0.319 e. The molecule has 0 aromatic heterocycles. The first-order valence-electron chi connectivity index (χ1n) is 2.14. The van der Waals surface area contributed by atoms with Crippen LogP contribution in [0.5, 0.6) is 0 Å². The summed E-state index contributed by atoms with van der Waals surface area (Å²) in [6.45, 7) is 0.676. The molecular weight excluding hydrogens is 99.0 g/mol. The molecule has 0 saturated heterocycles. The van der Waals surface area contributed by atoms with Gasteiger partial charge in [0.2, 0.25) is 0 Å². The predicted octanol–water partition coefficient (Wildman–Crippen LogP) is 1.10. The summed E-state index contributed by atoms with van der Waals surface area (Å²) in [4.78, 5) is 0. The van der Waals surface area contributed by atoms with Gasteiger partial charge >= 0.3 is 0 Å². The normalized spacial score (nSPS) is 14.1. The molecule has 0 aliphatic carbocycles. The van der Waals surface area contributed by atoms with Crippen molar-refractivity contribution in [1.82, 2.24) is 0 Å². The van der Waals surface area contributed by atoms with E-state index in [9.17, 15) is 9.50 Å². The fourth-order valence-corrected chi connectivity index (χ4v) is 0.188. The van der Waals surface area contributed by atoms with Crippen molar-refractivity contribution in [2.45, 2.75) is 19.6 Å². The molecule has 0 fully saturated rings. The maximum Gasteiger partial charge on any atom is 0.194 e. The van der Waals surface area contributed by atoms with Crippen LogP contribution in [-0.4, -0.2) is 13.2 Å². The third kappa shape index (κ3) is 3.69. The number of alkyl halides is 1. The summed E-state index contributed by atoms with van der Waals surface area (Å²) in [7, 11) is 0. The Labute approximate surface area is 41.9 Å². The first-order chi connectivity index (χ1) is 3.31. The molecule has 1 radical (unpaired) electrons. The summed E-state index contributed by atoms with van der Waals surface area (Å²) < 4.78 is 15.0. The van der Waals surface area contributed by atoms with Crippen molar-refractivity contribution >= 4 is 0 Å². The van der Waals surface area contributed by atoms with Crippen LogP contribution in [0.2, 0.25) is 0 Å². The number of rotatable bonds is 3. The smallest absolute Gasteiger partial charge is 0.194 e. The van der Waals surface area contributed by atoms with Crippen molar-refractivity contribution in [3.8, 4) is 0 Å². The number of halogens is 1. The molecule has 0 aromatic carbocycles. The predicted molar refractivity (Wildman–Crippen MR) is 21.8 cm³/mol. The molecule has 43 valence electrons. The van der Waals surface area contributed by atoms with Gasteiger partial charge in [0.1, 0.15) is 0 Å². The lowest BCUT2D eigenvalue weighted by Gasteiger charge is -1.99. The molecule has 2 nitrogen and oxygen atoms in total. The van der Waals surface area contributed by atoms with E-state index in [0.29, 0.717) is 6.42 Å². The first kappa shape index (κ1) is 6.85. The van der Waals surface area contributed by atoms with Gasteiger partial charge < -0.3 is 4.74 Å². The Morgan fingerprint density at radius 1 is 1.86 bits per heavy atom. The second-order valence-corrected chi connectivity index (χ2v) is 1.11. The summed E-state index contributed by atoms with van der Waals surface area (Å²) in [5.41, 5.74) is 0. The Hall–Kier alpha value is -0.150. The monoisotopic (exact) mass is 107 g/mol. The molecule has 0 spiro atoms. The van der Waals surface area contributed by atoms with Gasteiger partial charge in [0.15, 0.2) is 13.2 Å². The van der Waals surface area contributed by atoms with E-state index in [2.05, 4.69) is 4.74 Å². The number of ether oxygens (including phenoxy) is 1. The average molecular weight is 107 g/mol. The summed E-state index contributed by atoms with van der Waals surface area (Å²) in [5, 5.41) is 10.0. The Morgan fingerprint density at radius 3 is 2.57 bits per heavy atom. The highest BCUT2D eigenvalue weighted by Crippen LogP contribution is 1.91. The van der Waals surface area contributed by atoms with Gasteiger partial charge in [0.25, 0.3) is 0 Å². The first-order valence-corrected chi connectivity index (χ1v) is 2.14. The van der Waals surface area contributed by atoms with E-state index in [1.165, 1.54) is 0 Å². The fraction of sp³-hybridized carbons (Fsp3) is 1.00. The van der Waals surface area contributed by atoms with Crippen LogP contribution >= 0.6 is 0 Å². The number of hydrogen-bond donors (Lipinski definition) is 0. The highest BCUT2D eigenvalue weighted by Gasteiger charge is 1.98. The van der Waals surface area contributed by atoms with Crippen molar-refractivity contribution in [2.75, 3.05) is 6.86 Å². The van der Waals surface area contributed by atoms with Crippen LogP contribution in [0.4, 0.5) is 4.39 Å². The minimum atomic E-state index is -1.18. The molecule has 0 N–H and O–H groups in total. The van der Waals surface area contributed by atoms with Crippen LogP contribution in [0.1, 0.15) is 13.3 Å². The van der Waals surface area contributed by atoms with Crippen LogP contribution in [0.3, 0.4) is 0 Å². The maximum atomic E-state index is 11.0. The highest BCUT2D eigenvalue weighted by molar-refractivity contribution is 4.27. The molecule has 1 atom stereocenters. The van der Waals surface area contributed by atoms with Gasteiger partial charge in [0, 0.05) is 0 Å². The van der Waals surface area contributed by atoms with Crippen LogP contribution in [0.25, 0.3) is 0 Å². The molecule has 7 heavy (non-hydrogen) atoms. The Balaban J connectivity index is 2.83. The van der Waals surface area contributed by atoms with Gasteiger partial charge in [-0.3, -0.25) is 0 Å². The topological polar surface area (TPSA) is 29.1 Å². The van der Waals surface area contributed by atoms with Gasteiger partial charge in [-0.1, -0.05) is 6.92 Å². The van der Waals surface area contributed by atoms with Gasteiger partial charge in [-0.15, -0.1) is 0 Å². The van der Waals surface area contributed by atoms with Crippen molar-refractivity contribution in [2.24, 2.45) is 0 Å². The van der Waals surface area contributed by atoms with Crippen molar-refractivity contribution in [3.05, 3.63) is 0 Å². The zero-order valence-electron chi connectivity index (χ0n) is 4.19. The van der Waals surface area contributed by atoms with Gasteiger partial charge in [-0.05, 0) is 6.42 Å². The molecule has 0 bridgehead atoms. The Bertz CT molecular complexity index is 40.7. The molecule has 0 aromatic rings. The lowest BCUT2D eigenvalue weighted by atomic mass is 10.5. The van der Waals surface area contributed by atoms with Crippen LogP contribution in [0.15, 0.2) is 0 Å². The van der Waals surface area contributed by atoms with Gasteiger partial charge in [-0.2, -0.15) is 0 Å². The maximum absolute atomic E-state index is 11.0. The summed E-state index contributed by atoms with van der Waals surface area (Å²) in [5.74, 6) is 0. The van der Waals surface area contributed by atoms with Crippen LogP contribution in [-0.2, 0) is 9.84 Å². The molecule has 0 heterocycles. The average Bonchev–Trinajstić information content (AvgIpc) is 1.68. The van der Waals surface area contributed by atoms with Crippen LogP contribution < -0.4 is 0 Å². The van der Waals surface area contributed by atoms with E-state index < -0.39 is 13.2 Å². The van der Waals surface area contributed by atoms with E-state index in [-0.39, 0.29) is 0 Å². The quantitative estimate of drug-likeness (QED) is 0.496. The zero-order chi connectivity index (χ0) is 5.70. The third-order valence-corrected chi connectivity index (χ3v) is 0.582. The molecule has 0 aliphatic rings. The lowest BCUT2D eigenvalue weighted by molar-refractivity contribution is -0.163. The minimum absolute atomic E-state index is 0.323. The number of hydrogen-bond acceptors (Lipinski definition) is 1.